The van der Waals surface area contributed by atoms with Gasteiger partial charge < -0.3 is 4.52 Å². The van der Waals surface area contributed by atoms with Crippen molar-refractivity contribution in [2.75, 3.05) is 4.31 Å². The van der Waals surface area contributed by atoms with Gasteiger partial charge >= 0.3 is 0 Å². The highest BCUT2D eigenvalue weighted by Gasteiger charge is 2.28. The predicted octanol–water partition coefficient (Wildman–Crippen LogP) is 4.33. The van der Waals surface area contributed by atoms with Crippen LogP contribution in [0.3, 0.4) is 0 Å². The number of anilines is 2. The normalized spacial score (nSPS) is 11.4. The molecule has 0 radical (unpaired) electrons. The standard InChI is InChI=1S/C18H13N3O3S2/c22-26(23,16-8-6-14(7-9-16)17-10-12-24-20-17)21(18-19-11-13-25-18)15-4-2-1-3-5-15/h1-13H. The fourth-order valence-electron chi connectivity index (χ4n) is 2.50. The van der Waals surface area contributed by atoms with E-state index in [-0.39, 0.29) is 4.90 Å². The second-order valence-electron chi connectivity index (χ2n) is 5.33. The van der Waals surface area contributed by atoms with Crippen LogP contribution in [0.25, 0.3) is 11.3 Å². The molecule has 0 amide bonds. The molecule has 0 saturated carbocycles. The lowest BCUT2D eigenvalue weighted by Crippen LogP contribution is -2.26. The van der Waals surface area contributed by atoms with E-state index >= 15 is 0 Å². The van der Waals surface area contributed by atoms with Crippen LogP contribution in [0.2, 0.25) is 0 Å². The molecule has 0 aliphatic carbocycles. The Hall–Kier alpha value is -2.97. The third-order valence-electron chi connectivity index (χ3n) is 3.71. The van der Waals surface area contributed by atoms with Crippen molar-refractivity contribution in [2.24, 2.45) is 0 Å². The van der Waals surface area contributed by atoms with Gasteiger partial charge in [-0.3, -0.25) is 0 Å². The summed E-state index contributed by atoms with van der Waals surface area (Å²) in [5.41, 5.74) is 1.95. The molecule has 8 heteroatoms. The van der Waals surface area contributed by atoms with Crippen molar-refractivity contribution in [1.82, 2.24) is 10.1 Å². The van der Waals surface area contributed by atoms with Gasteiger partial charge in [-0.1, -0.05) is 35.5 Å². The summed E-state index contributed by atoms with van der Waals surface area (Å²) < 4.78 is 32.7. The number of para-hydroxylation sites is 1. The Labute approximate surface area is 154 Å². The molecule has 0 spiro atoms. The molecular weight excluding hydrogens is 370 g/mol. The number of rotatable bonds is 5. The van der Waals surface area contributed by atoms with Crippen LogP contribution >= 0.6 is 11.3 Å². The van der Waals surface area contributed by atoms with E-state index in [0.717, 1.165) is 5.56 Å². The highest BCUT2D eigenvalue weighted by atomic mass is 32.2. The zero-order valence-corrected chi connectivity index (χ0v) is 15.0. The Kier molecular flexibility index (Phi) is 4.27. The van der Waals surface area contributed by atoms with Crippen LogP contribution in [-0.2, 0) is 10.0 Å². The van der Waals surface area contributed by atoms with E-state index < -0.39 is 10.0 Å². The van der Waals surface area contributed by atoms with Crippen molar-refractivity contribution in [1.29, 1.82) is 0 Å². The van der Waals surface area contributed by atoms with Gasteiger partial charge in [0.1, 0.15) is 12.0 Å². The van der Waals surface area contributed by atoms with Gasteiger partial charge in [-0.05, 0) is 24.3 Å². The maximum Gasteiger partial charge on any atom is 0.270 e. The average Bonchev–Trinajstić information content (AvgIpc) is 3.37. The third-order valence-corrected chi connectivity index (χ3v) is 6.31. The Morgan fingerprint density at radius 3 is 2.35 bits per heavy atom. The molecule has 0 atom stereocenters. The van der Waals surface area contributed by atoms with Crippen molar-refractivity contribution >= 4 is 32.2 Å². The number of hydrogen-bond acceptors (Lipinski definition) is 6. The second-order valence-corrected chi connectivity index (χ2v) is 7.99. The molecule has 0 unspecified atom stereocenters. The minimum absolute atomic E-state index is 0.170. The van der Waals surface area contributed by atoms with Gasteiger partial charge in [-0.25, -0.2) is 17.7 Å². The van der Waals surface area contributed by atoms with Gasteiger partial charge in [0.15, 0.2) is 0 Å². The zero-order valence-electron chi connectivity index (χ0n) is 13.4. The molecular formula is C18H13N3O3S2. The van der Waals surface area contributed by atoms with Crippen LogP contribution in [0.15, 0.2) is 87.9 Å². The van der Waals surface area contributed by atoms with Crippen LogP contribution in [0.1, 0.15) is 0 Å². The summed E-state index contributed by atoms with van der Waals surface area (Å²) in [6, 6.07) is 17.1. The van der Waals surface area contributed by atoms with Crippen molar-refractivity contribution in [2.45, 2.75) is 4.90 Å². The lowest BCUT2D eigenvalue weighted by Gasteiger charge is -2.21. The van der Waals surface area contributed by atoms with E-state index in [1.807, 2.05) is 6.07 Å². The maximum atomic E-state index is 13.3. The number of benzene rings is 2. The first-order valence-electron chi connectivity index (χ1n) is 7.67. The molecule has 6 nitrogen and oxygen atoms in total. The second kappa shape index (κ2) is 6.74. The van der Waals surface area contributed by atoms with Gasteiger partial charge in [-0.15, -0.1) is 11.3 Å². The molecule has 2 aromatic carbocycles. The summed E-state index contributed by atoms with van der Waals surface area (Å²) in [5.74, 6) is 0. The summed E-state index contributed by atoms with van der Waals surface area (Å²) in [6.45, 7) is 0. The monoisotopic (exact) mass is 383 g/mol. The molecule has 0 fully saturated rings. The summed E-state index contributed by atoms with van der Waals surface area (Å²) in [5, 5.41) is 5.99. The van der Waals surface area contributed by atoms with Crippen molar-refractivity contribution in [3.05, 3.63) is 78.5 Å². The average molecular weight is 383 g/mol. The summed E-state index contributed by atoms with van der Waals surface area (Å²) in [4.78, 5) is 4.36. The van der Waals surface area contributed by atoms with Crippen LogP contribution in [0.4, 0.5) is 10.8 Å². The molecule has 4 rings (SSSR count). The van der Waals surface area contributed by atoms with Gasteiger partial charge in [0, 0.05) is 23.2 Å². The molecule has 130 valence electrons. The van der Waals surface area contributed by atoms with Gasteiger partial charge in [0.05, 0.1) is 10.6 Å². The lowest BCUT2D eigenvalue weighted by molar-refractivity contribution is 0.422. The predicted molar refractivity (Wildman–Crippen MR) is 99.8 cm³/mol. The Balaban J connectivity index is 1.78. The summed E-state index contributed by atoms with van der Waals surface area (Å²) in [6.07, 6.45) is 3.05. The summed E-state index contributed by atoms with van der Waals surface area (Å²) in [7, 11) is -3.83. The van der Waals surface area contributed by atoms with Crippen LogP contribution < -0.4 is 4.31 Å². The SMILES string of the molecule is O=S(=O)(c1ccc(-c2ccon2)cc1)N(c1ccccc1)c1nccs1. The fraction of sp³-hybridized carbons (Fsp3) is 0. The molecule has 0 N–H and O–H groups in total. The quantitative estimate of drug-likeness (QED) is 0.513. The Bertz CT molecular complexity index is 1080. The van der Waals surface area contributed by atoms with E-state index in [1.54, 1.807) is 66.2 Å². The first-order chi connectivity index (χ1) is 12.7. The highest BCUT2D eigenvalue weighted by Crippen LogP contribution is 2.34. The van der Waals surface area contributed by atoms with Gasteiger partial charge in [0.25, 0.3) is 10.0 Å². The minimum atomic E-state index is -3.83. The number of thiazole rings is 1. The number of hydrogen-bond donors (Lipinski definition) is 0. The lowest BCUT2D eigenvalue weighted by atomic mass is 10.2. The van der Waals surface area contributed by atoms with Gasteiger partial charge in [0.2, 0.25) is 5.13 Å². The molecule has 0 aliphatic heterocycles. The first kappa shape index (κ1) is 16.5. The molecule has 0 aliphatic rings. The van der Waals surface area contributed by atoms with E-state index in [2.05, 4.69) is 10.1 Å². The molecule has 4 aromatic rings. The molecule has 2 heterocycles. The van der Waals surface area contributed by atoms with Crippen LogP contribution in [0.5, 0.6) is 0 Å². The maximum absolute atomic E-state index is 13.3. The minimum Gasteiger partial charge on any atom is -0.364 e. The molecule has 2 aromatic heterocycles. The van der Waals surface area contributed by atoms with Crippen molar-refractivity contribution in [3.63, 3.8) is 0 Å². The topological polar surface area (TPSA) is 76.3 Å². The third kappa shape index (κ3) is 3.00. The van der Waals surface area contributed by atoms with Crippen molar-refractivity contribution in [3.8, 4) is 11.3 Å². The van der Waals surface area contributed by atoms with E-state index in [0.29, 0.717) is 16.5 Å². The smallest absolute Gasteiger partial charge is 0.270 e. The van der Waals surface area contributed by atoms with E-state index in [1.165, 1.54) is 21.9 Å². The first-order valence-corrected chi connectivity index (χ1v) is 9.99. The molecule has 26 heavy (non-hydrogen) atoms. The largest absolute Gasteiger partial charge is 0.364 e. The molecule has 0 saturated heterocycles. The van der Waals surface area contributed by atoms with Crippen molar-refractivity contribution < 1.29 is 12.9 Å². The van der Waals surface area contributed by atoms with Gasteiger partial charge in [-0.2, -0.15) is 0 Å². The Morgan fingerprint density at radius 2 is 1.73 bits per heavy atom. The Morgan fingerprint density at radius 1 is 0.962 bits per heavy atom. The van der Waals surface area contributed by atoms with E-state index in [4.69, 9.17) is 4.52 Å². The van der Waals surface area contributed by atoms with E-state index in [9.17, 15) is 8.42 Å². The number of nitrogens with zero attached hydrogens (tertiary/aromatic N) is 3. The highest BCUT2D eigenvalue weighted by molar-refractivity contribution is 7.93. The number of aromatic nitrogens is 2. The fourth-order valence-corrected chi connectivity index (χ4v) is 4.83. The zero-order chi connectivity index (χ0) is 18.0. The molecule has 0 bridgehead atoms. The number of sulfonamides is 1. The van der Waals surface area contributed by atoms with Crippen LogP contribution in [-0.4, -0.2) is 18.6 Å². The van der Waals surface area contributed by atoms with Crippen LogP contribution in [0, 0.1) is 0 Å². The summed E-state index contributed by atoms with van der Waals surface area (Å²) >= 11 is 1.26.